The van der Waals surface area contributed by atoms with Crippen molar-refractivity contribution in [3.05, 3.63) is 0 Å². The summed E-state index contributed by atoms with van der Waals surface area (Å²) in [6.07, 6.45) is 5.96. The second-order valence-electron chi connectivity index (χ2n) is 5.20. The van der Waals surface area contributed by atoms with E-state index in [1.165, 1.54) is 25.7 Å². The Balaban J connectivity index is 2.00. The van der Waals surface area contributed by atoms with E-state index in [9.17, 15) is 4.79 Å². The molecule has 2 amide bonds. The lowest BCUT2D eigenvalue weighted by atomic mass is 10.0. The zero-order valence-electron chi connectivity index (χ0n) is 10.2. The predicted octanol–water partition coefficient (Wildman–Crippen LogP) is 1.26. The molecule has 2 fully saturated rings. The van der Waals surface area contributed by atoms with Gasteiger partial charge in [0.05, 0.1) is 0 Å². The monoisotopic (exact) mass is 225 g/mol. The summed E-state index contributed by atoms with van der Waals surface area (Å²) in [6.45, 7) is 2.52. The van der Waals surface area contributed by atoms with Gasteiger partial charge in [-0.05, 0) is 31.7 Å². The SMILES string of the molecule is CN1CC(CCN)CN(C2CCCC2)C1=O. The highest BCUT2D eigenvalue weighted by Gasteiger charge is 2.34. The lowest BCUT2D eigenvalue weighted by Crippen LogP contribution is -2.55. The van der Waals surface area contributed by atoms with Gasteiger partial charge in [-0.2, -0.15) is 0 Å². The van der Waals surface area contributed by atoms with Crippen molar-refractivity contribution in [3.63, 3.8) is 0 Å². The first-order valence-electron chi connectivity index (χ1n) is 6.44. The maximum Gasteiger partial charge on any atom is 0.320 e. The maximum atomic E-state index is 12.1. The molecule has 1 atom stereocenters. The zero-order valence-corrected chi connectivity index (χ0v) is 10.2. The molecule has 92 valence electrons. The maximum absolute atomic E-state index is 12.1. The predicted molar refractivity (Wildman–Crippen MR) is 64.1 cm³/mol. The average molecular weight is 225 g/mol. The van der Waals surface area contributed by atoms with E-state index in [2.05, 4.69) is 4.90 Å². The largest absolute Gasteiger partial charge is 0.330 e. The van der Waals surface area contributed by atoms with E-state index in [0.717, 1.165) is 26.1 Å². The molecule has 1 saturated heterocycles. The Morgan fingerprint density at radius 3 is 2.62 bits per heavy atom. The Morgan fingerprint density at radius 2 is 2.00 bits per heavy atom. The van der Waals surface area contributed by atoms with Crippen LogP contribution in [-0.2, 0) is 0 Å². The number of nitrogens with two attached hydrogens (primary N) is 1. The second-order valence-corrected chi connectivity index (χ2v) is 5.20. The van der Waals surface area contributed by atoms with E-state index in [4.69, 9.17) is 5.73 Å². The quantitative estimate of drug-likeness (QED) is 0.786. The molecule has 0 radical (unpaired) electrons. The molecule has 16 heavy (non-hydrogen) atoms. The normalized spacial score (nSPS) is 27.9. The summed E-state index contributed by atoms with van der Waals surface area (Å²) in [5.74, 6) is 0.563. The van der Waals surface area contributed by atoms with Crippen molar-refractivity contribution in [3.8, 4) is 0 Å². The number of urea groups is 1. The second kappa shape index (κ2) is 5.04. The molecule has 2 rings (SSSR count). The van der Waals surface area contributed by atoms with Crippen LogP contribution in [0.25, 0.3) is 0 Å². The highest BCUT2D eigenvalue weighted by Crippen LogP contribution is 2.27. The van der Waals surface area contributed by atoms with Crippen molar-refractivity contribution in [2.75, 3.05) is 26.7 Å². The summed E-state index contributed by atoms with van der Waals surface area (Å²) in [5.41, 5.74) is 5.62. The van der Waals surface area contributed by atoms with Crippen LogP contribution in [0.4, 0.5) is 4.79 Å². The molecule has 0 bridgehead atoms. The molecule has 0 aromatic rings. The fourth-order valence-electron chi connectivity index (χ4n) is 3.04. The van der Waals surface area contributed by atoms with Crippen LogP contribution in [0.3, 0.4) is 0 Å². The van der Waals surface area contributed by atoms with Crippen molar-refractivity contribution in [1.29, 1.82) is 0 Å². The van der Waals surface area contributed by atoms with Crippen LogP contribution in [0.2, 0.25) is 0 Å². The van der Waals surface area contributed by atoms with Gasteiger partial charge in [-0.15, -0.1) is 0 Å². The standard InChI is InChI=1S/C12H23N3O/c1-14-8-10(6-7-13)9-15(12(14)16)11-4-2-3-5-11/h10-11H,2-9,13H2,1H3. The van der Waals surface area contributed by atoms with Crippen LogP contribution in [0.5, 0.6) is 0 Å². The van der Waals surface area contributed by atoms with Crippen molar-refractivity contribution in [1.82, 2.24) is 9.80 Å². The van der Waals surface area contributed by atoms with Crippen LogP contribution in [0.1, 0.15) is 32.1 Å². The summed E-state index contributed by atoms with van der Waals surface area (Å²) >= 11 is 0. The Kier molecular flexibility index (Phi) is 3.69. The molecule has 1 aliphatic heterocycles. The van der Waals surface area contributed by atoms with E-state index < -0.39 is 0 Å². The molecule has 4 heteroatoms. The van der Waals surface area contributed by atoms with E-state index >= 15 is 0 Å². The highest BCUT2D eigenvalue weighted by atomic mass is 16.2. The number of carbonyl (C=O) groups excluding carboxylic acids is 1. The summed E-state index contributed by atoms with van der Waals surface area (Å²) in [6, 6.07) is 0.718. The number of carbonyl (C=O) groups is 1. The summed E-state index contributed by atoms with van der Waals surface area (Å²) in [5, 5.41) is 0. The Morgan fingerprint density at radius 1 is 1.31 bits per heavy atom. The van der Waals surface area contributed by atoms with Gasteiger partial charge < -0.3 is 15.5 Å². The van der Waals surface area contributed by atoms with Gasteiger partial charge in [0.2, 0.25) is 0 Å². The molecular weight excluding hydrogens is 202 g/mol. The molecule has 0 aromatic heterocycles. The third-order valence-corrected chi connectivity index (χ3v) is 3.90. The van der Waals surface area contributed by atoms with Crippen LogP contribution >= 0.6 is 0 Å². The highest BCUT2D eigenvalue weighted by molar-refractivity contribution is 5.75. The fraction of sp³-hybridized carbons (Fsp3) is 0.917. The first-order chi connectivity index (χ1) is 7.72. The minimum atomic E-state index is 0.222. The van der Waals surface area contributed by atoms with Gasteiger partial charge in [-0.25, -0.2) is 4.79 Å². The summed E-state index contributed by atoms with van der Waals surface area (Å²) < 4.78 is 0. The molecular formula is C12H23N3O. The van der Waals surface area contributed by atoms with E-state index in [1.54, 1.807) is 0 Å². The third kappa shape index (κ3) is 2.32. The topological polar surface area (TPSA) is 49.6 Å². The summed E-state index contributed by atoms with van der Waals surface area (Å²) in [7, 11) is 1.91. The van der Waals surface area contributed by atoms with Gasteiger partial charge in [-0.3, -0.25) is 0 Å². The van der Waals surface area contributed by atoms with Gasteiger partial charge in [0.1, 0.15) is 0 Å². The summed E-state index contributed by atoms with van der Waals surface area (Å²) in [4.78, 5) is 16.0. The average Bonchev–Trinajstić information content (AvgIpc) is 2.76. The van der Waals surface area contributed by atoms with Crippen LogP contribution in [-0.4, -0.2) is 48.6 Å². The molecule has 1 aliphatic carbocycles. The van der Waals surface area contributed by atoms with Gasteiger partial charge in [0.15, 0.2) is 0 Å². The van der Waals surface area contributed by atoms with Crippen molar-refractivity contribution in [2.45, 2.75) is 38.1 Å². The number of amides is 2. The number of rotatable bonds is 3. The van der Waals surface area contributed by atoms with Crippen LogP contribution < -0.4 is 5.73 Å². The Labute approximate surface area is 97.8 Å². The van der Waals surface area contributed by atoms with Crippen LogP contribution in [0, 0.1) is 5.92 Å². The molecule has 0 spiro atoms. The van der Waals surface area contributed by atoms with Gasteiger partial charge >= 0.3 is 6.03 Å². The lowest BCUT2D eigenvalue weighted by Gasteiger charge is -2.41. The fourth-order valence-corrected chi connectivity index (χ4v) is 3.04. The van der Waals surface area contributed by atoms with E-state index in [-0.39, 0.29) is 6.03 Å². The first kappa shape index (κ1) is 11.7. The molecule has 2 N–H and O–H groups in total. The molecule has 2 aliphatic rings. The van der Waals surface area contributed by atoms with Gasteiger partial charge in [-0.1, -0.05) is 12.8 Å². The van der Waals surface area contributed by atoms with E-state index in [0.29, 0.717) is 12.0 Å². The molecule has 1 saturated carbocycles. The minimum Gasteiger partial charge on any atom is -0.330 e. The smallest absolute Gasteiger partial charge is 0.320 e. The first-order valence-corrected chi connectivity index (χ1v) is 6.44. The Hall–Kier alpha value is -0.770. The van der Waals surface area contributed by atoms with Crippen molar-refractivity contribution >= 4 is 6.03 Å². The number of hydrogen-bond donors (Lipinski definition) is 1. The molecule has 1 unspecified atom stereocenters. The zero-order chi connectivity index (χ0) is 11.5. The molecule has 0 aromatic carbocycles. The minimum absolute atomic E-state index is 0.222. The van der Waals surface area contributed by atoms with Crippen LogP contribution in [0.15, 0.2) is 0 Å². The van der Waals surface area contributed by atoms with Crippen molar-refractivity contribution < 1.29 is 4.79 Å². The van der Waals surface area contributed by atoms with Crippen molar-refractivity contribution in [2.24, 2.45) is 11.7 Å². The van der Waals surface area contributed by atoms with Gasteiger partial charge in [0, 0.05) is 26.2 Å². The lowest BCUT2D eigenvalue weighted by molar-refractivity contribution is 0.0915. The number of nitrogens with zero attached hydrogens (tertiary/aromatic N) is 2. The number of hydrogen-bond acceptors (Lipinski definition) is 2. The molecule has 1 heterocycles. The van der Waals surface area contributed by atoms with E-state index in [1.807, 2.05) is 11.9 Å². The Bertz CT molecular complexity index is 251. The third-order valence-electron chi connectivity index (χ3n) is 3.90. The van der Waals surface area contributed by atoms with Gasteiger partial charge in [0.25, 0.3) is 0 Å². The molecule has 4 nitrogen and oxygen atoms in total.